The van der Waals surface area contributed by atoms with Crippen LogP contribution >= 0.6 is 11.3 Å². The Morgan fingerprint density at radius 3 is 2.39 bits per heavy atom. The van der Waals surface area contributed by atoms with E-state index in [2.05, 4.69) is 37.0 Å². The average Bonchev–Trinajstić information content (AvgIpc) is 3.34. The summed E-state index contributed by atoms with van der Waals surface area (Å²) in [6.07, 6.45) is 3.63. The molecule has 5 aromatic rings. The minimum absolute atomic E-state index is 0.536. The Hall–Kier alpha value is -4.43. The third-order valence-electron chi connectivity index (χ3n) is 6.16. The van der Waals surface area contributed by atoms with Crippen molar-refractivity contribution in [3.05, 3.63) is 93.7 Å². The van der Waals surface area contributed by atoms with Gasteiger partial charge >= 0.3 is 0 Å². The van der Waals surface area contributed by atoms with E-state index in [0.717, 1.165) is 43.8 Å². The van der Waals surface area contributed by atoms with Crippen LogP contribution in [0.1, 0.15) is 16.7 Å². The Bertz CT molecular complexity index is 1690. The quantitative estimate of drug-likeness (QED) is 0.227. The van der Waals surface area contributed by atoms with E-state index in [0.29, 0.717) is 17.2 Å². The molecule has 0 saturated heterocycles. The van der Waals surface area contributed by atoms with Gasteiger partial charge in [-0.05, 0) is 61.4 Å². The number of hydrogen-bond donors (Lipinski definition) is 0. The van der Waals surface area contributed by atoms with Gasteiger partial charge in [0.25, 0.3) is 0 Å². The van der Waals surface area contributed by atoms with E-state index < -0.39 is 0 Å². The van der Waals surface area contributed by atoms with Crippen LogP contribution in [0.15, 0.2) is 82.3 Å². The summed E-state index contributed by atoms with van der Waals surface area (Å²) in [7, 11) is 4.81. The number of fused-ring (bicyclic) bond motifs is 1. The van der Waals surface area contributed by atoms with Gasteiger partial charge in [-0.1, -0.05) is 29.8 Å². The highest BCUT2D eigenvalue weighted by atomic mass is 32.1. The van der Waals surface area contributed by atoms with E-state index >= 15 is 0 Å². The maximum atomic E-state index is 5.60. The predicted molar refractivity (Wildman–Crippen MR) is 153 cm³/mol. The third-order valence-corrected chi connectivity index (χ3v) is 6.98. The van der Waals surface area contributed by atoms with Crippen LogP contribution < -0.4 is 19.0 Å². The first-order chi connectivity index (χ1) is 18.5. The molecule has 0 saturated carbocycles. The Morgan fingerprint density at radius 1 is 0.895 bits per heavy atom. The molecule has 0 amide bonds. The number of methoxy groups -OCH3 is 3. The van der Waals surface area contributed by atoms with Gasteiger partial charge in [-0.3, -0.25) is 4.98 Å². The fourth-order valence-corrected chi connectivity index (χ4v) is 5.10. The molecule has 0 fully saturated rings. The maximum Gasteiger partial charge on any atom is 0.211 e. The number of benzene rings is 3. The minimum atomic E-state index is 0.536. The topological polar surface area (TPSA) is 70.2 Å². The van der Waals surface area contributed by atoms with Gasteiger partial charge < -0.3 is 14.2 Å². The summed E-state index contributed by atoms with van der Waals surface area (Å²) in [5.74, 6) is 1.67. The third kappa shape index (κ3) is 5.03. The fourth-order valence-electron chi connectivity index (χ4n) is 4.25. The van der Waals surface area contributed by atoms with Gasteiger partial charge in [-0.2, -0.15) is 5.10 Å². The Labute approximate surface area is 225 Å². The summed E-state index contributed by atoms with van der Waals surface area (Å²) >= 11 is 1.51. The van der Waals surface area contributed by atoms with E-state index in [9.17, 15) is 0 Å². The first-order valence-electron chi connectivity index (χ1n) is 12.0. The number of hydrogen-bond acceptors (Lipinski definition) is 7. The Balaban J connectivity index is 1.68. The van der Waals surface area contributed by atoms with Crippen LogP contribution in [0.5, 0.6) is 17.2 Å². The monoisotopic (exact) mass is 524 g/mol. The SMILES string of the molecule is COc1cc(-c2csc(=Nc3ccc(C)cc3C)n2/N=C/c2ccc3ncccc3c2)cc(OC)c1OC. The number of aromatic nitrogens is 2. The van der Waals surface area contributed by atoms with E-state index in [1.165, 1.54) is 16.9 Å². The van der Waals surface area contributed by atoms with Crippen molar-refractivity contribution >= 4 is 34.1 Å². The second-order valence-electron chi connectivity index (χ2n) is 8.73. The lowest BCUT2D eigenvalue weighted by atomic mass is 10.1. The summed E-state index contributed by atoms with van der Waals surface area (Å²) in [4.78, 5) is 10.1. The lowest BCUT2D eigenvalue weighted by molar-refractivity contribution is 0.324. The van der Waals surface area contributed by atoms with E-state index in [1.807, 2.05) is 58.7 Å². The van der Waals surface area contributed by atoms with Gasteiger partial charge in [0, 0.05) is 22.5 Å². The predicted octanol–water partition coefficient (Wildman–Crippen LogP) is 6.52. The molecular weight excluding hydrogens is 496 g/mol. The van der Waals surface area contributed by atoms with E-state index in [1.54, 1.807) is 27.5 Å². The van der Waals surface area contributed by atoms with E-state index in [-0.39, 0.29) is 0 Å². The van der Waals surface area contributed by atoms with E-state index in [4.69, 9.17) is 24.3 Å². The minimum Gasteiger partial charge on any atom is -0.493 e. The molecule has 5 rings (SSSR count). The van der Waals surface area contributed by atoms with Crippen LogP contribution in [0.2, 0.25) is 0 Å². The normalized spacial score (nSPS) is 11.9. The van der Waals surface area contributed by atoms with Gasteiger partial charge in [0.15, 0.2) is 11.5 Å². The molecule has 0 aliphatic carbocycles. The molecule has 8 heteroatoms. The molecule has 38 heavy (non-hydrogen) atoms. The molecule has 192 valence electrons. The lowest BCUT2D eigenvalue weighted by Gasteiger charge is -2.14. The molecule has 0 aliphatic rings. The first-order valence-corrected chi connectivity index (χ1v) is 12.9. The van der Waals surface area contributed by atoms with Gasteiger partial charge in [-0.15, -0.1) is 11.3 Å². The highest BCUT2D eigenvalue weighted by Gasteiger charge is 2.17. The highest BCUT2D eigenvalue weighted by Crippen LogP contribution is 2.41. The number of ether oxygens (including phenoxy) is 3. The van der Waals surface area contributed by atoms with Crippen LogP contribution in [0, 0.1) is 13.8 Å². The Morgan fingerprint density at radius 2 is 1.68 bits per heavy atom. The molecule has 0 spiro atoms. The van der Waals surface area contributed by atoms with Crippen molar-refractivity contribution in [2.75, 3.05) is 21.3 Å². The average molecular weight is 525 g/mol. The van der Waals surface area contributed by atoms with Gasteiger partial charge in [-0.25, -0.2) is 9.67 Å². The van der Waals surface area contributed by atoms with Gasteiger partial charge in [0.05, 0.1) is 44.4 Å². The van der Waals surface area contributed by atoms with Crippen molar-refractivity contribution in [1.29, 1.82) is 0 Å². The molecule has 0 unspecified atom stereocenters. The van der Waals surface area contributed by atoms with Crippen molar-refractivity contribution in [2.45, 2.75) is 13.8 Å². The number of rotatable bonds is 7. The zero-order valence-corrected chi connectivity index (χ0v) is 22.7. The van der Waals surface area contributed by atoms with Crippen LogP contribution in [-0.4, -0.2) is 37.2 Å². The van der Waals surface area contributed by atoms with Crippen molar-refractivity contribution in [3.63, 3.8) is 0 Å². The Kier molecular flexibility index (Phi) is 7.24. The number of aryl methyl sites for hydroxylation is 2. The van der Waals surface area contributed by atoms with Gasteiger partial charge in [0.2, 0.25) is 10.6 Å². The molecule has 0 N–H and O–H groups in total. The lowest BCUT2D eigenvalue weighted by Crippen LogP contribution is -2.12. The standard InChI is InChI=1S/C30H28N4O3S/c1-19-8-10-24(20(2)13-19)33-30-34(32-17-21-9-11-25-22(14-21)7-6-12-31-25)26(18-38-30)23-15-27(35-3)29(37-5)28(16-23)36-4/h6-18H,1-5H3/b32-17+,33-30?. The number of thiazole rings is 1. The van der Waals surface area contributed by atoms with Crippen molar-refractivity contribution in [2.24, 2.45) is 10.1 Å². The summed E-state index contributed by atoms with van der Waals surface area (Å²) < 4.78 is 18.6. The smallest absolute Gasteiger partial charge is 0.211 e. The second-order valence-corrected chi connectivity index (χ2v) is 9.57. The summed E-state index contributed by atoms with van der Waals surface area (Å²) in [5.41, 5.74) is 6.80. The molecule has 0 bridgehead atoms. The van der Waals surface area contributed by atoms with Crippen molar-refractivity contribution in [3.8, 4) is 28.5 Å². The molecule has 3 aromatic carbocycles. The maximum absolute atomic E-state index is 5.60. The molecule has 0 atom stereocenters. The highest BCUT2D eigenvalue weighted by molar-refractivity contribution is 7.07. The molecule has 0 radical (unpaired) electrons. The zero-order valence-electron chi connectivity index (χ0n) is 21.9. The summed E-state index contributed by atoms with van der Waals surface area (Å²) in [5, 5.41) is 7.98. The molecule has 2 heterocycles. The summed E-state index contributed by atoms with van der Waals surface area (Å²) in [6.45, 7) is 4.14. The number of pyridine rings is 1. The van der Waals surface area contributed by atoms with Crippen molar-refractivity contribution in [1.82, 2.24) is 9.66 Å². The molecule has 0 aliphatic heterocycles. The van der Waals surface area contributed by atoms with Crippen molar-refractivity contribution < 1.29 is 14.2 Å². The van der Waals surface area contributed by atoms with Crippen LogP contribution in [0.3, 0.4) is 0 Å². The number of nitrogens with zero attached hydrogens (tertiary/aromatic N) is 4. The van der Waals surface area contributed by atoms with Gasteiger partial charge in [0.1, 0.15) is 0 Å². The first kappa shape index (κ1) is 25.2. The van der Waals surface area contributed by atoms with Crippen LogP contribution in [-0.2, 0) is 0 Å². The molecular formula is C30H28N4O3S. The second kappa shape index (κ2) is 10.9. The van der Waals surface area contributed by atoms with Crippen LogP contribution in [0.25, 0.3) is 22.2 Å². The van der Waals surface area contributed by atoms with Crippen LogP contribution in [0.4, 0.5) is 5.69 Å². The largest absolute Gasteiger partial charge is 0.493 e. The fraction of sp³-hybridized carbons (Fsp3) is 0.167. The summed E-state index contributed by atoms with van der Waals surface area (Å²) in [6, 6.07) is 20.1. The molecule has 2 aromatic heterocycles. The molecule has 7 nitrogen and oxygen atoms in total. The zero-order chi connectivity index (χ0) is 26.6.